The van der Waals surface area contributed by atoms with E-state index in [9.17, 15) is 0 Å². The third kappa shape index (κ3) is 8.72. The first-order valence-electron chi connectivity index (χ1n) is 14.5. The molecule has 0 heterocycles. The van der Waals surface area contributed by atoms with E-state index in [0.717, 1.165) is 16.6 Å². The fourth-order valence-electron chi connectivity index (χ4n) is 5.79. The summed E-state index contributed by atoms with van der Waals surface area (Å²) < 4.78 is 3.40. The van der Waals surface area contributed by atoms with Crippen LogP contribution in [-0.2, 0) is 10.8 Å². The van der Waals surface area contributed by atoms with Crippen molar-refractivity contribution in [3.8, 4) is 0 Å². The first-order chi connectivity index (χ1) is 16.6. The van der Waals surface area contributed by atoms with Gasteiger partial charge >= 0.3 is 179 Å². The summed E-state index contributed by atoms with van der Waals surface area (Å²) in [5, 5.41) is 0. The molecule has 0 aliphatic heterocycles. The fourth-order valence-corrected chi connectivity index (χ4v) is 16.0. The predicted octanol–water partition coefficient (Wildman–Crippen LogP) is 9.50. The Morgan fingerprint density at radius 3 is 0.973 bits per heavy atom. The van der Waals surface area contributed by atoms with Gasteiger partial charge in [-0.05, 0) is 0 Å². The van der Waals surface area contributed by atoms with Gasteiger partial charge < -0.3 is 0 Å². The molecule has 0 nitrogen and oxygen atoms in total. The molecule has 0 N–H and O–H groups in total. The number of benzene rings is 2. The summed E-state index contributed by atoms with van der Waals surface area (Å²) in [4.78, 5) is 0. The van der Waals surface area contributed by atoms with Crippen molar-refractivity contribution in [2.24, 2.45) is 0 Å². The molecule has 0 unspecified atom stereocenters. The first kappa shape index (κ1) is 34.5. The summed E-state index contributed by atoms with van der Waals surface area (Å²) in [6, 6.07) is 4.96. The minimum absolute atomic E-state index is 0.0957. The van der Waals surface area contributed by atoms with Crippen LogP contribution in [0.2, 0.25) is 16.6 Å². The van der Waals surface area contributed by atoms with Gasteiger partial charge in [0.25, 0.3) is 0 Å². The van der Waals surface area contributed by atoms with Crippen molar-refractivity contribution < 1.29 is 0 Å². The second-order valence-electron chi connectivity index (χ2n) is 14.3. The molecule has 0 fully saturated rings. The van der Waals surface area contributed by atoms with Gasteiger partial charge in [0.2, 0.25) is 0 Å². The maximum absolute atomic E-state index is 2.48. The van der Waals surface area contributed by atoms with Crippen molar-refractivity contribution in [2.45, 2.75) is 152 Å². The number of rotatable bonds is 5. The Labute approximate surface area is 244 Å². The van der Waals surface area contributed by atoms with E-state index >= 15 is 0 Å². The van der Waals surface area contributed by atoms with Gasteiger partial charge in [0.1, 0.15) is 0 Å². The molecule has 0 saturated carbocycles. The van der Waals surface area contributed by atoms with E-state index in [4.69, 9.17) is 0 Å². The standard InChI is InChI=1S/2C13H19.C9H21Si.Sn/c2*1-9-7-12(13(4,5)6)8-10(2)11(9)3;1-7(2)10(8(3)4)9(5)6;/h2*7H,1-6H3;7-9H,1-6H3;/q;;;+1. The molecule has 0 aliphatic rings. The average Bonchev–Trinajstić information content (AvgIpc) is 2.71. The Bertz CT molecular complexity index is 966. The average molecular weight is 627 g/mol. The van der Waals surface area contributed by atoms with Crippen molar-refractivity contribution in [3.05, 3.63) is 56.6 Å². The Kier molecular flexibility index (Phi) is 12.3. The van der Waals surface area contributed by atoms with Crippen molar-refractivity contribution >= 4 is 37.1 Å². The molecular weight excluding hydrogens is 567 g/mol. The molecular formula is C35H59SiSn+. The molecule has 2 heteroatoms. The van der Waals surface area contributed by atoms with E-state index in [1.54, 1.807) is 29.4 Å². The Morgan fingerprint density at radius 1 is 0.514 bits per heavy atom. The van der Waals surface area contributed by atoms with Crippen molar-refractivity contribution in [3.63, 3.8) is 0 Å². The SMILES string of the molecule is CC(C)[Si](C(C)C)C(C)C.Cc1cc(C(C)(C)C)[c]([Sn+][c]2c(C(C)(C)C)cc(C)c(C)c2C)c(C)c1C. The van der Waals surface area contributed by atoms with Crippen LogP contribution in [0.15, 0.2) is 12.1 Å². The van der Waals surface area contributed by atoms with Gasteiger partial charge in [-0.25, -0.2) is 0 Å². The second kappa shape index (κ2) is 13.2. The number of hydrogen-bond acceptors (Lipinski definition) is 0. The second-order valence-corrected chi connectivity index (χ2v) is 22.4. The van der Waals surface area contributed by atoms with Crippen LogP contribution >= 0.6 is 0 Å². The van der Waals surface area contributed by atoms with Gasteiger partial charge in [-0.1, -0.05) is 58.2 Å². The van der Waals surface area contributed by atoms with Crippen LogP contribution in [0.3, 0.4) is 0 Å². The van der Waals surface area contributed by atoms with E-state index in [1.165, 1.54) is 22.3 Å². The summed E-state index contributed by atoms with van der Waals surface area (Å²) in [6.07, 6.45) is 0. The Hall–Kier alpha value is -0.544. The summed E-state index contributed by atoms with van der Waals surface area (Å²) in [6.45, 7) is 42.3. The minimum atomic E-state index is -0.945. The van der Waals surface area contributed by atoms with Gasteiger partial charge in [-0.3, -0.25) is 0 Å². The predicted molar refractivity (Wildman–Crippen MR) is 175 cm³/mol. The molecule has 0 atom stereocenters. The van der Waals surface area contributed by atoms with E-state index in [0.29, 0.717) is 0 Å². The fraction of sp³-hybridized carbons (Fsp3) is 0.657. The van der Waals surface area contributed by atoms with Crippen LogP contribution in [0.1, 0.15) is 128 Å². The molecule has 37 heavy (non-hydrogen) atoms. The third-order valence-corrected chi connectivity index (χ3v) is 17.3. The molecule has 2 aromatic carbocycles. The van der Waals surface area contributed by atoms with Gasteiger partial charge in [-0.2, -0.15) is 0 Å². The van der Waals surface area contributed by atoms with E-state index < -0.39 is 21.1 Å². The molecule has 206 valence electrons. The molecule has 0 aliphatic carbocycles. The summed E-state index contributed by atoms with van der Waals surface area (Å²) in [7, 11) is -0.0957. The molecule has 2 radical (unpaired) electrons. The number of aryl methyl sites for hydroxylation is 2. The Morgan fingerprint density at radius 2 is 0.784 bits per heavy atom. The molecule has 0 amide bonds. The zero-order chi connectivity index (χ0) is 29.2. The summed E-state index contributed by atoms with van der Waals surface area (Å²) >= 11 is -0.945. The zero-order valence-corrected chi connectivity index (χ0v) is 31.7. The quantitative estimate of drug-likeness (QED) is 0.290. The van der Waals surface area contributed by atoms with Crippen LogP contribution in [-0.4, -0.2) is 29.9 Å². The van der Waals surface area contributed by atoms with E-state index in [2.05, 4.69) is 137 Å². The van der Waals surface area contributed by atoms with Gasteiger partial charge in [0, 0.05) is 0 Å². The summed E-state index contributed by atoms with van der Waals surface area (Å²) in [5.74, 6) is 0. The normalized spacial score (nSPS) is 12.5. The number of hydrogen-bond donors (Lipinski definition) is 0. The van der Waals surface area contributed by atoms with E-state index in [-0.39, 0.29) is 19.6 Å². The van der Waals surface area contributed by atoms with Crippen LogP contribution in [0, 0.1) is 41.5 Å². The third-order valence-electron chi connectivity index (χ3n) is 8.18. The van der Waals surface area contributed by atoms with Gasteiger partial charge in [-0.15, -0.1) is 0 Å². The first-order valence-corrected chi connectivity index (χ1v) is 19.1. The summed E-state index contributed by atoms with van der Waals surface area (Å²) in [5.41, 5.74) is 15.3. The van der Waals surface area contributed by atoms with Gasteiger partial charge in [0.15, 0.2) is 0 Å². The van der Waals surface area contributed by atoms with Crippen LogP contribution < -0.4 is 7.16 Å². The van der Waals surface area contributed by atoms with Crippen molar-refractivity contribution in [1.82, 2.24) is 0 Å². The molecule has 0 aromatic heterocycles. The molecule has 2 aromatic rings. The monoisotopic (exact) mass is 627 g/mol. The van der Waals surface area contributed by atoms with Crippen molar-refractivity contribution in [1.29, 1.82) is 0 Å². The molecule has 0 spiro atoms. The molecule has 0 bridgehead atoms. The van der Waals surface area contributed by atoms with Crippen molar-refractivity contribution in [2.75, 3.05) is 0 Å². The van der Waals surface area contributed by atoms with Crippen LogP contribution in [0.5, 0.6) is 0 Å². The zero-order valence-electron chi connectivity index (χ0n) is 27.9. The van der Waals surface area contributed by atoms with Crippen LogP contribution in [0.4, 0.5) is 0 Å². The van der Waals surface area contributed by atoms with E-state index in [1.807, 2.05) is 0 Å². The molecule has 0 saturated heterocycles. The van der Waals surface area contributed by atoms with Gasteiger partial charge in [0.05, 0.1) is 8.80 Å². The molecule has 2 rings (SSSR count). The topological polar surface area (TPSA) is 0 Å². The van der Waals surface area contributed by atoms with Crippen LogP contribution in [0.25, 0.3) is 0 Å². The maximum atomic E-state index is 2.48. The Balaban J connectivity index is 0.000000580.